The lowest BCUT2D eigenvalue weighted by atomic mass is 9.90. The van der Waals surface area contributed by atoms with Crippen molar-refractivity contribution in [3.05, 3.63) is 0 Å². The number of hydrogen-bond acceptors (Lipinski definition) is 2. The predicted octanol–water partition coefficient (Wildman–Crippen LogP) is -0.0108. The molecule has 11 heavy (non-hydrogen) atoms. The summed E-state index contributed by atoms with van der Waals surface area (Å²) in [5, 5.41) is 0. The number of primary amides is 1. The topological polar surface area (TPSA) is 69.1 Å². The van der Waals surface area contributed by atoms with Crippen molar-refractivity contribution >= 4 is 5.91 Å². The van der Waals surface area contributed by atoms with Crippen LogP contribution >= 0.6 is 0 Å². The highest BCUT2D eigenvalue weighted by molar-refractivity contribution is 5.75. The molecule has 2 aliphatic rings. The van der Waals surface area contributed by atoms with Crippen molar-refractivity contribution in [1.29, 1.82) is 0 Å². The van der Waals surface area contributed by atoms with E-state index in [1.54, 1.807) is 0 Å². The zero-order chi connectivity index (χ0) is 8.06. The van der Waals surface area contributed by atoms with Gasteiger partial charge in [-0.25, -0.2) is 0 Å². The lowest BCUT2D eigenvalue weighted by Gasteiger charge is -2.23. The predicted molar refractivity (Wildman–Crippen MR) is 41.6 cm³/mol. The minimum absolute atomic E-state index is 0.226. The number of rotatable bonds is 2. The van der Waals surface area contributed by atoms with Gasteiger partial charge in [0.1, 0.15) is 0 Å². The van der Waals surface area contributed by atoms with E-state index >= 15 is 0 Å². The van der Waals surface area contributed by atoms with E-state index in [-0.39, 0.29) is 11.4 Å². The molecule has 1 amide bonds. The molecule has 0 aromatic rings. The van der Waals surface area contributed by atoms with Gasteiger partial charge in [-0.05, 0) is 31.1 Å². The third-order valence-corrected chi connectivity index (χ3v) is 3.14. The van der Waals surface area contributed by atoms with E-state index in [1.807, 2.05) is 0 Å². The average Bonchev–Trinajstić information content (AvgIpc) is 2.55. The molecule has 2 aliphatic carbocycles. The van der Waals surface area contributed by atoms with Gasteiger partial charge in [-0.15, -0.1) is 0 Å². The number of carbonyl (C=O) groups excluding carboxylic acids is 1. The highest BCUT2D eigenvalue weighted by Crippen LogP contribution is 2.57. The first-order valence-electron chi connectivity index (χ1n) is 4.19. The van der Waals surface area contributed by atoms with E-state index in [0.717, 1.165) is 12.3 Å². The van der Waals surface area contributed by atoms with Crippen molar-refractivity contribution in [2.75, 3.05) is 0 Å². The number of fused-ring (bicyclic) bond motifs is 1. The molecule has 3 atom stereocenters. The third-order valence-electron chi connectivity index (χ3n) is 3.14. The molecule has 4 N–H and O–H groups in total. The molecular formula is C8H14N2O. The van der Waals surface area contributed by atoms with Crippen molar-refractivity contribution in [3.8, 4) is 0 Å². The summed E-state index contributed by atoms with van der Waals surface area (Å²) in [6, 6.07) is 0. The largest absolute Gasteiger partial charge is 0.370 e. The fourth-order valence-corrected chi connectivity index (χ4v) is 2.45. The minimum Gasteiger partial charge on any atom is -0.370 e. The van der Waals surface area contributed by atoms with Crippen LogP contribution in [0.4, 0.5) is 0 Å². The van der Waals surface area contributed by atoms with Gasteiger partial charge < -0.3 is 11.5 Å². The second kappa shape index (κ2) is 1.97. The van der Waals surface area contributed by atoms with E-state index < -0.39 is 0 Å². The Morgan fingerprint density at radius 2 is 2.36 bits per heavy atom. The molecule has 3 heteroatoms. The Bertz CT molecular complexity index is 204. The van der Waals surface area contributed by atoms with Crippen LogP contribution in [0.15, 0.2) is 0 Å². The first kappa shape index (κ1) is 7.10. The van der Waals surface area contributed by atoms with Crippen LogP contribution < -0.4 is 11.5 Å². The molecule has 0 aliphatic heterocycles. The molecule has 2 saturated carbocycles. The molecule has 3 nitrogen and oxygen atoms in total. The van der Waals surface area contributed by atoms with E-state index in [0.29, 0.717) is 12.3 Å². The maximum atomic E-state index is 10.7. The van der Waals surface area contributed by atoms with Crippen LogP contribution in [0, 0.1) is 11.8 Å². The molecule has 0 spiro atoms. The summed E-state index contributed by atoms with van der Waals surface area (Å²) in [6.07, 6.45) is 3.80. The van der Waals surface area contributed by atoms with E-state index in [1.165, 1.54) is 12.8 Å². The Kier molecular flexibility index (Phi) is 1.27. The summed E-state index contributed by atoms with van der Waals surface area (Å²) in [7, 11) is 0. The van der Waals surface area contributed by atoms with Crippen LogP contribution in [0.5, 0.6) is 0 Å². The van der Waals surface area contributed by atoms with Crippen molar-refractivity contribution in [2.45, 2.75) is 31.2 Å². The number of amides is 1. The first-order valence-corrected chi connectivity index (χ1v) is 4.19. The molecule has 0 radical (unpaired) electrons. The molecule has 0 aromatic carbocycles. The number of nitrogens with two attached hydrogens (primary N) is 2. The molecule has 62 valence electrons. The van der Waals surface area contributed by atoms with Gasteiger partial charge in [0.25, 0.3) is 0 Å². The number of hydrogen-bond donors (Lipinski definition) is 2. The van der Waals surface area contributed by atoms with Gasteiger partial charge >= 0.3 is 0 Å². The molecule has 0 bridgehead atoms. The smallest absolute Gasteiger partial charge is 0.219 e. The van der Waals surface area contributed by atoms with Gasteiger partial charge in [0.2, 0.25) is 5.91 Å². The van der Waals surface area contributed by atoms with Gasteiger partial charge in [-0.1, -0.05) is 0 Å². The Labute approximate surface area is 66.1 Å². The first-order chi connectivity index (χ1) is 5.12. The highest BCUT2D eigenvalue weighted by Gasteiger charge is 2.56. The minimum atomic E-state index is -0.250. The number of carbonyl (C=O) groups is 1. The van der Waals surface area contributed by atoms with Crippen LogP contribution in [-0.4, -0.2) is 11.4 Å². The second-order valence-electron chi connectivity index (χ2n) is 4.02. The van der Waals surface area contributed by atoms with Gasteiger partial charge in [0, 0.05) is 12.0 Å². The maximum absolute atomic E-state index is 10.7. The van der Waals surface area contributed by atoms with Gasteiger partial charge in [0.15, 0.2) is 0 Å². The monoisotopic (exact) mass is 154 g/mol. The molecule has 0 aromatic heterocycles. The fraction of sp³-hybridized carbons (Fsp3) is 0.875. The summed E-state index contributed by atoms with van der Waals surface area (Å²) in [5.74, 6) is 1.18. The molecule has 0 heterocycles. The van der Waals surface area contributed by atoms with Crippen molar-refractivity contribution in [3.63, 3.8) is 0 Å². The van der Waals surface area contributed by atoms with Crippen LogP contribution in [0.25, 0.3) is 0 Å². The Hall–Kier alpha value is -0.570. The van der Waals surface area contributed by atoms with Crippen molar-refractivity contribution < 1.29 is 4.79 Å². The summed E-state index contributed by atoms with van der Waals surface area (Å²) >= 11 is 0. The van der Waals surface area contributed by atoms with Gasteiger partial charge in [0.05, 0.1) is 0 Å². The van der Waals surface area contributed by atoms with E-state index in [9.17, 15) is 4.79 Å². The molecule has 3 unspecified atom stereocenters. The zero-order valence-electron chi connectivity index (χ0n) is 6.55. The van der Waals surface area contributed by atoms with Crippen LogP contribution in [0.1, 0.15) is 25.7 Å². The fourth-order valence-electron chi connectivity index (χ4n) is 2.45. The third kappa shape index (κ3) is 1.03. The van der Waals surface area contributed by atoms with Crippen molar-refractivity contribution in [2.24, 2.45) is 23.3 Å². The van der Waals surface area contributed by atoms with Crippen molar-refractivity contribution in [1.82, 2.24) is 0 Å². The van der Waals surface area contributed by atoms with Crippen LogP contribution in [-0.2, 0) is 4.79 Å². The van der Waals surface area contributed by atoms with Crippen LogP contribution in [0.2, 0.25) is 0 Å². The lowest BCUT2D eigenvalue weighted by Crippen LogP contribution is -2.43. The highest BCUT2D eigenvalue weighted by atomic mass is 16.1. The van der Waals surface area contributed by atoms with Gasteiger partial charge in [-0.2, -0.15) is 0 Å². The summed E-state index contributed by atoms with van der Waals surface area (Å²) < 4.78 is 0. The Morgan fingerprint density at radius 3 is 2.73 bits per heavy atom. The Balaban J connectivity index is 2.04. The normalized spacial score (nSPS) is 47.0. The molecular weight excluding hydrogens is 140 g/mol. The summed E-state index contributed by atoms with van der Waals surface area (Å²) in [5.41, 5.74) is 10.9. The standard InChI is InChI=1S/C8H14N2O/c9-7(11)4-8(10)2-1-5-3-6(5)8/h5-6H,1-4,10H2,(H2,9,11). The SMILES string of the molecule is NC(=O)CC1(N)CCC2CC21. The summed E-state index contributed by atoms with van der Waals surface area (Å²) in [6.45, 7) is 0. The molecule has 2 rings (SSSR count). The van der Waals surface area contributed by atoms with Crippen LogP contribution in [0.3, 0.4) is 0 Å². The van der Waals surface area contributed by atoms with Gasteiger partial charge in [-0.3, -0.25) is 4.79 Å². The maximum Gasteiger partial charge on any atom is 0.219 e. The quantitative estimate of drug-likeness (QED) is 0.587. The van der Waals surface area contributed by atoms with E-state index in [4.69, 9.17) is 11.5 Å². The lowest BCUT2D eigenvalue weighted by molar-refractivity contribution is -0.119. The van der Waals surface area contributed by atoms with E-state index in [2.05, 4.69) is 0 Å². The molecule has 0 saturated heterocycles. The Morgan fingerprint density at radius 1 is 1.64 bits per heavy atom. The zero-order valence-corrected chi connectivity index (χ0v) is 6.55. The average molecular weight is 154 g/mol. The summed E-state index contributed by atoms with van der Waals surface area (Å²) in [4.78, 5) is 10.7. The second-order valence-corrected chi connectivity index (χ2v) is 4.02. The molecule has 2 fully saturated rings.